The number of fused-ring (bicyclic) bond motifs is 1. The van der Waals surface area contributed by atoms with Crippen molar-refractivity contribution in [3.8, 4) is 5.75 Å². The van der Waals surface area contributed by atoms with Crippen LogP contribution in [0.1, 0.15) is 5.56 Å². The maximum absolute atomic E-state index is 11.1. The Bertz CT molecular complexity index is 462. The third-order valence-corrected chi connectivity index (χ3v) is 2.60. The molecule has 0 unspecified atom stereocenters. The standard InChI is InChI=1S/C11H12N2O3S/c14-10-5-16-9-2-1-7(3-8(9)13-10)4-12-11(15)6-17/h1-3,17H,4-6H2,(H,12,15)(H,13,14). The quantitative estimate of drug-likeness (QED) is 0.689. The number of anilines is 1. The number of ether oxygens (including phenoxy) is 1. The van der Waals surface area contributed by atoms with Crippen molar-refractivity contribution in [1.82, 2.24) is 5.32 Å². The van der Waals surface area contributed by atoms with Crippen LogP contribution in [0.5, 0.6) is 5.75 Å². The molecule has 0 spiro atoms. The van der Waals surface area contributed by atoms with Crippen LogP contribution in [0, 0.1) is 0 Å². The maximum atomic E-state index is 11.1. The molecule has 1 aromatic rings. The summed E-state index contributed by atoms with van der Waals surface area (Å²) >= 11 is 3.86. The normalized spacial score (nSPS) is 13.4. The number of nitrogens with one attached hydrogen (secondary N) is 2. The molecule has 5 nitrogen and oxygen atoms in total. The topological polar surface area (TPSA) is 67.4 Å². The lowest BCUT2D eigenvalue weighted by Crippen LogP contribution is -2.26. The third-order valence-electron chi connectivity index (χ3n) is 2.31. The van der Waals surface area contributed by atoms with Gasteiger partial charge in [-0.15, -0.1) is 0 Å². The van der Waals surface area contributed by atoms with Crippen molar-refractivity contribution in [1.29, 1.82) is 0 Å². The fourth-order valence-corrected chi connectivity index (χ4v) is 1.61. The van der Waals surface area contributed by atoms with Gasteiger partial charge in [-0.3, -0.25) is 9.59 Å². The average molecular weight is 252 g/mol. The maximum Gasteiger partial charge on any atom is 0.262 e. The van der Waals surface area contributed by atoms with Gasteiger partial charge in [0.15, 0.2) is 6.61 Å². The van der Waals surface area contributed by atoms with Crippen LogP contribution in [0.3, 0.4) is 0 Å². The van der Waals surface area contributed by atoms with Gasteiger partial charge < -0.3 is 15.4 Å². The highest BCUT2D eigenvalue weighted by Crippen LogP contribution is 2.28. The Morgan fingerprint density at radius 3 is 3.12 bits per heavy atom. The molecular formula is C11H12N2O3S. The number of benzene rings is 1. The predicted molar refractivity (Wildman–Crippen MR) is 66.3 cm³/mol. The number of rotatable bonds is 3. The number of hydrogen-bond donors (Lipinski definition) is 3. The monoisotopic (exact) mass is 252 g/mol. The summed E-state index contributed by atoms with van der Waals surface area (Å²) in [6.45, 7) is 0.450. The number of hydrogen-bond acceptors (Lipinski definition) is 4. The van der Waals surface area contributed by atoms with E-state index >= 15 is 0 Å². The van der Waals surface area contributed by atoms with Crippen LogP contribution in [0.4, 0.5) is 5.69 Å². The van der Waals surface area contributed by atoms with Gasteiger partial charge in [-0.1, -0.05) is 6.07 Å². The molecule has 0 radical (unpaired) electrons. The minimum atomic E-state index is -0.172. The Kier molecular flexibility index (Phi) is 3.53. The van der Waals surface area contributed by atoms with Gasteiger partial charge in [-0.2, -0.15) is 12.6 Å². The largest absolute Gasteiger partial charge is 0.482 e. The van der Waals surface area contributed by atoms with E-state index in [1.165, 1.54) is 0 Å². The van der Waals surface area contributed by atoms with E-state index in [1.54, 1.807) is 12.1 Å². The molecule has 2 N–H and O–H groups in total. The van der Waals surface area contributed by atoms with E-state index in [9.17, 15) is 9.59 Å². The van der Waals surface area contributed by atoms with Crippen molar-refractivity contribution in [2.75, 3.05) is 17.7 Å². The van der Waals surface area contributed by atoms with Crippen LogP contribution in [-0.2, 0) is 16.1 Å². The van der Waals surface area contributed by atoms with E-state index in [4.69, 9.17) is 4.74 Å². The second kappa shape index (κ2) is 5.09. The molecule has 2 rings (SSSR count). The van der Waals surface area contributed by atoms with E-state index in [0.717, 1.165) is 5.56 Å². The molecule has 1 aromatic carbocycles. The number of amides is 2. The summed E-state index contributed by atoms with van der Waals surface area (Å²) < 4.78 is 5.23. The lowest BCUT2D eigenvalue weighted by atomic mass is 10.1. The Morgan fingerprint density at radius 1 is 1.53 bits per heavy atom. The lowest BCUT2D eigenvalue weighted by molar-refractivity contribution is -0.119. The highest BCUT2D eigenvalue weighted by molar-refractivity contribution is 7.81. The molecule has 1 aliphatic rings. The molecule has 2 amide bonds. The van der Waals surface area contributed by atoms with Crippen LogP contribution < -0.4 is 15.4 Å². The summed E-state index contributed by atoms with van der Waals surface area (Å²) in [7, 11) is 0. The molecular weight excluding hydrogens is 240 g/mol. The van der Waals surface area contributed by atoms with Crippen molar-refractivity contribution in [3.63, 3.8) is 0 Å². The van der Waals surface area contributed by atoms with Crippen LogP contribution in [0.2, 0.25) is 0 Å². The minimum absolute atomic E-state index is 0.0444. The molecule has 6 heteroatoms. The van der Waals surface area contributed by atoms with Crippen LogP contribution in [-0.4, -0.2) is 24.2 Å². The molecule has 0 saturated carbocycles. The number of carbonyl (C=O) groups is 2. The van der Waals surface area contributed by atoms with Crippen LogP contribution in [0.15, 0.2) is 18.2 Å². The summed E-state index contributed by atoms with van der Waals surface area (Å²) in [5.41, 5.74) is 1.53. The zero-order chi connectivity index (χ0) is 12.3. The first-order valence-corrected chi connectivity index (χ1v) is 5.75. The Hall–Kier alpha value is -1.69. The van der Waals surface area contributed by atoms with Gasteiger partial charge in [0, 0.05) is 6.54 Å². The average Bonchev–Trinajstić information content (AvgIpc) is 2.35. The molecule has 0 atom stereocenters. The van der Waals surface area contributed by atoms with E-state index in [-0.39, 0.29) is 24.2 Å². The fraction of sp³-hybridized carbons (Fsp3) is 0.273. The Balaban J connectivity index is 2.07. The van der Waals surface area contributed by atoms with Gasteiger partial charge in [0.2, 0.25) is 5.91 Å². The van der Waals surface area contributed by atoms with Gasteiger partial charge in [0.05, 0.1) is 11.4 Å². The van der Waals surface area contributed by atoms with Crippen LogP contribution in [0.25, 0.3) is 0 Å². The SMILES string of the molecule is O=C(CS)NCc1ccc2c(c1)NC(=O)CO2. The van der Waals surface area contributed by atoms with Crippen LogP contribution >= 0.6 is 12.6 Å². The van der Waals surface area contributed by atoms with E-state index < -0.39 is 0 Å². The summed E-state index contributed by atoms with van der Waals surface area (Å²) in [6.07, 6.45) is 0. The van der Waals surface area contributed by atoms with Gasteiger partial charge in [-0.05, 0) is 17.7 Å². The first-order chi connectivity index (χ1) is 8.19. The molecule has 1 aliphatic heterocycles. The van der Waals surface area contributed by atoms with Crippen molar-refractivity contribution < 1.29 is 14.3 Å². The zero-order valence-corrected chi connectivity index (χ0v) is 9.92. The highest BCUT2D eigenvalue weighted by atomic mass is 32.1. The Labute approximate surface area is 104 Å². The van der Waals surface area contributed by atoms with Gasteiger partial charge in [0.1, 0.15) is 5.75 Å². The van der Waals surface area contributed by atoms with E-state index in [1.807, 2.05) is 6.07 Å². The summed E-state index contributed by atoms with van der Waals surface area (Å²) in [4.78, 5) is 22.2. The number of carbonyl (C=O) groups excluding carboxylic acids is 2. The molecule has 0 saturated heterocycles. The van der Waals surface area contributed by atoms with Crippen molar-refractivity contribution in [3.05, 3.63) is 23.8 Å². The van der Waals surface area contributed by atoms with E-state index in [0.29, 0.717) is 18.0 Å². The first kappa shape index (κ1) is 11.8. The fourth-order valence-electron chi connectivity index (χ4n) is 1.50. The van der Waals surface area contributed by atoms with E-state index in [2.05, 4.69) is 23.3 Å². The minimum Gasteiger partial charge on any atom is -0.482 e. The second-order valence-electron chi connectivity index (χ2n) is 3.60. The molecule has 17 heavy (non-hydrogen) atoms. The van der Waals surface area contributed by atoms with Gasteiger partial charge >= 0.3 is 0 Å². The van der Waals surface area contributed by atoms with Crippen molar-refractivity contribution in [2.45, 2.75) is 6.54 Å². The summed E-state index contributed by atoms with van der Waals surface area (Å²) in [6, 6.07) is 5.40. The van der Waals surface area contributed by atoms with Gasteiger partial charge in [-0.25, -0.2) is 0 Å². The summed E-state index contributed by atoms with van der Waals surface area (Å²) in [5.74, 6) is 0.499. The molecule has 0 fully saturated rings. The highest BCUT2D eigenvalue weighted by Gasteiger charge is 2.15. The first-order valence-electron chi connectivity index (χ1n) is 5.12. The number of thiol groups is 1. The molecule has 90 valence electrons. The predicted octanol–water partition coefficient (Wildman–Crippen LogP) is 0.563. The van der Waals surface area contributed by atoms with Gasteiger partial charge in [0.25, 0.3) is 5.91 Å². The molecule has 0 aliphatic carbocycles. The Morgan fingerprint density at radius 2 is 2.35 bits per heavy atom. The molecule has 1 heterocycles. The lowest BCUT2D eigenvalue weighted by Gasteiger charge is -2.18. The second-order valence-corrected chi connectivity index (χ2v) is 3.92. The molecule has 0 bridgehead atoms. The summed E-state index contributed by atoms with van der Waals surface area (Å²) in [5, 5.41) is 5.41. The smallest absolute Gasteiger partial charge is 0.262 e. The van der Waals surface area contributed by atoms with Crippen molar-refractivity contribution >= 4 is 30.1 Å². The zero-order valence-electron chi connectivity index (χ0n) is 9.03. The van der Waals surface area contributed by atoms with Crippen molar-refractivity contribution in [2.24, 2.45) is 0 Å². The molecule has 0 aromatic heterocycles. The third kappa shape index (κ3) is 2.91.